The van der Waals surface area contributed by atoms with Crippen molar-refractivity contribution in [2.45, 2.75) is 39.2 Å². The van der Waals surface area contributed by atoms with E-state index in [1.807, 2.05) is 54.6 Å². The summed E-state index contributed by atoms with van der Waals surface area (Å²) in [6.07, 6.45) is 4.79. The lowest BCUT2D eigenvalue weighted by atomic mass is 10.0. The van der Waals surface area contributed by atoms with Gasteiger partial charge in [-0.2, -0.15) is 0 Å². The Balaban J connectivity index is 1.41. The summed E-state index contributed by atoms with van der Waals surface area (Å²) in [6, 6.07) is 25.3. The van der Waals surface area contributed by atoms with Crippen LogP contribution in [0.4, 0.5) is 5.69 Å². The second kappa shape index (κ2) is 13.6. The van der Waals surface area contributed by atoms with E-state index in [-0.39, 0.29) is 6.61 Å². The van der Waals surface area contributed by atoms with Crippen molar-refractivity contribution in [1.82, 2.24) is 0 Å². The van der Waals surface area contributed by atoms with Crippen LogP contribution in [-0.4, -0.2) is 11.7 Å². The number of hydrogen-bond acceptors (Lipinski definition) is 3. The molecule has 3 heteroatoms. The highest BCUT2D eigenvalue weighted by Gasteiger charge is 2.01. The SMILES string of the molecule is CCCCCCOc1ccc2cc(C#CC#Cc3ccc(C#Cc4ccc(N)cc4)c(CO)c3)ccc2c1. The maximum atomic E-state index is 9.81. The molecule has 0 aliphatic heterocycles. The van der Waals surface area contributed by atoms with Gasteiger partial charge in [-0.15, -0.1) is 0 Å². The van der Waals surface area contributed by atoms with Crippen LogP contribution in [0.15, 0.2) is 78.9 Å². The van der Waals surface area contributed by atoms with Crippen molar-refractivity contribution in [2.24, 2.45) is 0 Å². The molecule has 3 N–H and O–H groups in total. The van der Waals surface area contributed by atoms with Gasteiger partial charge in [-0.3, -0.25) is 0 Å². The van der Waals surface area contributed by atoms with Gasteiger partial charge in [0.25, 0.3) is 0 Å². The Hall–Kier alpha value is -4.62. The Morgan fingerprint density at radius 1 is 0.684 bits per heavy atom. The van der Waals surface area contributed by atoms with Crippen molar-refractivity contribution < 1.29 is 9.84 Å². The van der Waals surface area contributed by atoms with Gasteiger partial charge in [-0.05, 0) is 101 Å². The van der Waals surface area contributed by atoms with Crippen LogP contribution >= 0.6 is 0 Å². The van der Waals surface area contributed by atoms with Gasteiger partial charge in [0.2, 0.25) is 0 Å². The Morgan fingerprint density at radius 3 is 2.13 bits per heavy atom. The van der Waals surface area contributed by atoms with E-state index in [0.29, 0.717) is 5.69 Å². The van der Waals surface area contributed by atoms with Gasteiger partial charge in [0.15, 0.2) is 0 Å². The number of unbranched alkanes of at least 4 members (excludes halogenated alkanes) is 3. The summed E-state index contributed by atoms with van der Waals surface area (Å²) >= 11 is 0. The van der Waals surface area contributed by atoms with Crippen molar-refractivity contribution in [3.05, 3.63) is 107 Å². The highest BCUT2D eigenvalue weighted by molar-refractivity contribution is 5.85. The summed E-state index contributed by atoms with van der Waals surface area (Å²) in [7, 11) is 0. The molecule has 0 atom stereocenters. The number of benzene rings is 4. The molecule has 4 aromatic carbocycles. The molecule has 0 aromatic heterocycles. The number of rotatable bonds is 7. The van der Waals surface area contributed by atoms with Crippen LogP contribution in [0.5, 0.6) is 5.75 Å². The molecule has 4 aromatic rings. The molecular formula is C35H31NO2. The lowest BCUT2D eigenvalue weighted by molar-refractivity contribution is 0.281. The molecule has 0 fully saturated rings. The predicted molar refractivity (Wildman–Crippen MR) is 157 cm³/mol. The summed E-state index contributed by atoms with van der Waals surface area (Å²) < 4.78 is 5.90. The quantitative estimate of drug-likeness (QED) is 0.170. The molecule has 0 radical (unpaired) electrons. The van der Waals surface area contributed by atoms with Crippen LogP contribution < -0.4 is 10.5 Å². The van der Waals surface area contributed by atoms with Crippen molar-refractivity contribution in [2.75, 3.05) is 12.3 Å². The Morgan fingerprint density at radius 2 is 1.37 bits per heavy atom. The molecule has 0 aliphatic carbocycles. The fourth-order valence-electron chi connectivity index (χ4n) is 3.95. The molecule has 38 heavy (non-hydrogen) atoms. The van der Waals surface area contributed by atoms with Gasteiger partial charge in [0, 0.05) is 27.9 Å². The van der Waals surface area contributed by atoms with E-state index >= 15 is 0 Å². The van der Waals surface area contributed by atoms with Gasteiger partial charge in [-0.1, -0.05) is 62.0 Å². The molecule has 4 rings (SSSR count). The summed E-state index contributed by atoms with van der Waals surface area (Å²) in [6.45, 7) is 2.85. The van der Waals surface area contributed by atoms with Crippen LogP contribution in [0.1, 0.15) is 60.4 Å². The number of anilines is 1. The molecule has 3 nitrogen and oxygen atoms in total. The largest absolute Gasteiger partial charge is 0.494 e. The van der Waals surface area contributed by atoms with Crippen molar-refractivity contribution >= 4 is 16.5 Å². The Labute approximate surface area is 225 Å². The summed E-state index contributed by atoms with van der Waals surface area (Å²) in [4.78, 5) is 0. The number of hydrogen-bond donors (Lipinski definition) is 2. The van der Waals surface area contributed by atoms with Crippen LogP contribution in [0.3, 0.4) is 0 Å². The average Bonchev–Trinajstić information content (AvgIpc) is 2.95. The van der Waals surface area contributed by atoms with Crippen LogP contribution in [0.25, 0.3) is 10.8 Å². The van der Waals surface area contributed by atoms with Crippen molar-refractivity contribution in [3.63, 3.8) is 0 Å². The maximum Gasteiger partial charge on any atom is 0.119 e. The molecule has 0 heterocycles. The molecule has 0 aliphatic rings. The summed E-state index contributed by atoms with van der Waals surface area (Å²) in [5.74, 6) is 19.2. The highest BCUT2D eigenvalue weighted by Crippen LogP contribution is 2.22. The maximum absolute atomic E-state index is 9.81. The lowest BCUT2D eigenvalue weighted by Gasteiger charge is -2.07. The first-order chi connectivity index (χ1) is 18.6. The van der Waals surface area contributed by atoms with Crippen LogP contribution in [0, 0.1) is 35.5 Å². The number of nitrogens with two attached hydrogens (primary N) is 1. The normalized spacial score (nSPS) is 9.95. The second-order valence-corrected chi connectivity index (χ2v) is 9.03. The Bertz CT molecular complexity index is 1580. The molecule has 0 bridgehead atoms. The zero-order valence-electron chi connectivity index (χ0n) is 21.7. The number of aliphatic hydroxyl groups is 1. The lowest BCUT2D eigenvalue weighted by Crippen LogP contribution is -1.97. The summed E-state index contributed by atoms with van der Waals surface area (Å²) in [5, 5.41) is 12.1. The van der Waals surface area contributed by atoms with E-state index in [1.54, 1.807) is 0 Å². The predicted octanol–water partition coefficient (Wildman–Crippen LogP) is 6.68. The van der Waals surface area contributed by atoms with E-state index in [2.05, 4.69) is 66.7 Å². The van der Waals surface area contributed by atoms with Gasteiger partial charge in [-0.25, -0.2) is 0 Å². The minimum Gasteiger partial charge on any atom is -0.494 e. The van der Waals surface area contributed by atoms with Crippen LogP contribution in [0.2, 0.25) is 0 Å². The third-order valence-corrected chi connectivity index (χ3v) is 6.08. The third-order valence-electron chi connectivity index (χ3n) is 6.08. The third kappa shape index (κ3) is 7.69. The first kappa shape index (κ1) is 26.4. The van der Waals surface area contributed by atoms with Crippen molar-refractivity contribution in [3.8, 4) is 41.3 Å². The number of ether oxygens (including phenoxy) is 1. The van der Waals surface area contributed by atoms with Crippen molar-refractivity contribution in [1.29, 1.82) is 0 Å². The van der Waals surface area contributed by atoms with E-state index in [1.165, 1.54) is 19.3 Å². The second-order valence-electron chi connectivity index (χ2n) is 9.03. The molecule has 0 unspecified atom stereocenters. The summed E-state index contributed by atoms with van der Waals surface area (Å²) in [5.41, 5.74) is 10.5. The van der Waals surface area contributed by atoms with E-state index in [4.69, 9.17) is 10.5 Å². The monoisotopic (exact) mass is 497 g/mol. The van der Waals surface area contributed by atoms with Gasteiger partial charge >= 0.3 is 0 Å². The average molecular weight is 498 g/mol. The smallest absolute Gasteiger partial charge is 0.119 e. The highest BCUT2D eigenvalue weighted by atomic mass is 16.5. The Kier molecular flexibility index (Phi) is 9.48. The molecular weight excluding hydrogens is 466 g/mol. The number of aliphatic hydroxyl groups excluding tert-OH is 1. The fourth-order valence-corrected chi connectivity index (χ4v) is 3.95. The van der Waals surface area contributed by atoms with Gasteiger partial charge in [0.05, 0.1) is 13.2 Å². The topological polar surface area (TPSA) is 55.5 Å². The minimum atomic E-state index is -0.115. The first-order valence-electron chi connectivity index (χ1n) is 12.9. The van der Waals surface area contributed by atoms with E-state index in [0.717, 1.165) is 57.4 Å². The minimum absolute atomic E-state index is 0.115. The molecule has 0 spiro atoms. The molecule has 0 saturated carbocycles. The van der Waals surface area contributed by atoms with Gasteiger partial charge in [0.1, 0.15) is 5.75 Å². The fraction of sp³-hybridized carbons (Fsp3) is 0.200. The van der Waals surface area contributed by atoms with E-state index in [9.17, 15) is 5.11 Å². The first-order valence-corrected chi connectivity index (χ1v) is 12.9. The zero-order chi connectivity index (χ0) is 26.6. The standard InChI is InChI=1S/C35H31NO2/c1-2-3-4-7-22-38-35-21-18-31-23-28(12-17-32(31)25-35)8-5-6-9-29-11-16-30(33(24-29)26-37)15-10-27-13-19-34(36)20-14-27/h11-14,16-21,23-25,37H,2-4,7,22,26,36H2,1H3. The number of fused-ring (bicyclic) bond motifs is 1. The molecule has 0 amide bonds. The number of nitrogen functional groups attached to an aromatic ring is 1. The molecule has 0 saturated heterocycles. The molecule has 188 valence electrons. The van der Waals surface area contributed by atoms with Crippen LogP contribution in [-0.2, 0) is 6.61 Å². The zero-order valence-corrected chi connectivity index (χ0v) is 21.7. The van der Waals surface area contributed by atoms with Gasteiger partial charge < -0.3 is 15.6 Å². The van der Waals surface area contributed by atoms with E-state index < -0.39 is 0 Å².